The smallest absolute Gasteiger partial charge is 0.313 e. The Kier molecular flexibility index (Phi) is 6.61. The van der Waals surface area contributed by atoms with Crippen molar-refractivity contribution in [2.45, 2.75) is 19.8 Å². The zero-order valence-electron chi connectivity index (χ0n) is 17.0. The third-order valence-electron chi connectivity index (χ3n) is 4.92. The molecule has 0 aliphatic carbocycles. The SMILES string of the molecule is COc1ccc(CCNC(=O)C(=O)Nc2cc(N3CCCS3(=O)=O)ccc2C)cc1. The van der Waals surface area contributed by atoms with Crippen molar-refractivity contribution in [3.63, 3.8) is 0 Å². The van der Waals surface area contributed by atoms with E-state index in [4.69, 9.17) is 4.74 Å². The van der Waals surface area contributed by atoms with Crippen LogP contribution < -0.4 is 19.7 Å². The molecule has 0 radical (unpaired) electrons. The Bertz CT molecular complexity index is 1040. The average Bonchev–Trinajstić information content (AvgIpc) is 3.09. The Morgan fingerprint density at radius 3 is 2.47 bits per heavy atom. The first-order valence-corrected chi connectivity index (χ1v) is 11.2. The molecule has 0 bridgehead atoms. The van der Waals surface area contributed by atoms with Gasteiger partial charge in [-0.05, 0) is 55.2 Å². The molecule has 2 amide bonds. The number of benzene rings is 2. The van der Waals surface area contributed by atoms with Crippen LogP contribution in [-0.2, 0) is 26.0 Å². The van der Waals surface area contributed by atoms with Crippen LogP contribution in [-0.4, -0.2) is 46.2 Å². The minimum atomic E-state index is -3.32. The van der Waals surface area contributed by atoms with Gasteiger partial charge in [-0.1, -0.05) is 18.2 Å². The van der Waals surface area contributed by atoms with Gasteiger partial charge >= 0.3 is 11.8 Å². The van der Waals surface area contributed by atoms with Gasteiger partial charge in [0.05, 0.1) is 18.6 Å². The number of carbonyl (C=O) groups excluding carboxylic acids is 2. The van der Waals surface area contributed by atoms with Crippen LogP contribution in [0.5, 0.6) is 5.75 Å². The Labute approximate surface area is 176 Å². The van der Waals surface area contributed by atoms with Crippen LogP contribution in [0.2, 0.25) is 0 Å². The molecular weight excluding hydrogens is 406 g/mol. The summed E-state index contributed by atoms with van der Waals surface area (Å²) in [6.45, 7) is 2.49. The largest absolute Gasteiger partial charge is 0.497 e. The van der Waals surface area contributed by atoms with Gasteiger partial charge in [0.15, 0.2) is 0 Å². The molecule has 1 aliphatic heterocycles. The molecule has 8 nitrogen and oxygen atoms in total. The van der Waals surface area contributed by atoms with Crippen LogP contribution >= 0.6 is 0 Å². The van der Waals surface area contributed by atoms with Gasteiger partial charge < -0.3 is 15.4 Å². The van der Waals surface area contributed by atoms with Crippen LogP contribution in [0.15, 0.2) is 42.5 Å². The summed E-state index contributed by atoms with van der Waals surface area (Å²) in [7, 11) is -1.73. The van der Waals surface area contributed by atoms with Crippen LogP contribution in [0.3, 0.4) is 0 Å². The number of nitrogens with one attached hydrogen (secondary N) is 2. The maximum atomic E-state index is 12.3. The topological polar surface area (TPSA) is 105 Å². The average molecular weight is 432 g/mol. The van der Waals surface area contributed by atoms with E-state index >= 15 is 0 Å². The van der Waals surface area contributed by atoms with Gasteiger partial charge in [-0.25, -0.2) is 8.42 Å². The number of hydrogen-bond donors (Lipinski definition) is 2. The number of aryl methyl sites for hydroxylation is 1. The predicted octanol–water partition coefficient (Wildman–Crippen LogP) is 1.84. The van der Waals surface area contributed by atoms with E-state index < -0.39 is 21.8 Å². The first-order valence-electron chi connectivity index (χ1n) is 9.63. The van der Waals surface area contributed by atoms with Crippen LogP contribution in [0.4, 0.5) is 11.4 Å². The lowest BCUT2D eigenvalue weighted by molar-refractivity contribution is -0.136. The Morgan fingerprint density at radius 1 is 1.10 bits per heavy atom. The van der Waals surface area contributed by atoms with E-state index in [0.29, 0.717) is 37.3 Å². The molecule has 9 heteroatoms. The number of hydrogen-bond acceptors (Lipinski definition) is 5. The Hall–Kier alpha value is -3.07. The van der Waals surface area contributed by atoms with Crippen molar-refractivity contribution in [2.24, 2.45) is 0 Å². The molecule has 30 heavy (non-hydrogen) atoms. The van der Waals surface area contributed by atoms with Crippen molar-refractivity contribution in [1.29, 1.82) is 0 Å². The van der Waals surface area contributed by atoms with E-state index in [1.165, 1.54) is 4.31 Å². The molecule has 160 valence electrons. The summed E-state index contributed by atoms with van der Waals surface area (Å²) in [5.74, 6) is -0.683. The number of rotatable bonds is 6. The highest BCUT2D eigenvalue weighted by Crippen LogP contribution is 2.28. The molecule has 0 saturated carbocycles. The first-order chi connectivity index (χ1) is 14.3. The summed E-state index contributed by atoms with van der Waals surface area (Å²) in [6, 6.07) is 12.5. The quantitative estimate of drug-likeness (QED) is 0.679. The molecule has 0 unspecified atom stereocenters. The predicted molar refractivity (Wildman–Crippen MR) is 115 cm³/mol. The molecule has 2 aromatic carbocycles. The van der Waals surface area contributed by atoms with E-state index in [-0.39, 0.29) is 5.75 Å². The van der Waals surface area contributed by atoms with Crippen LogP contribution in [0.25, 0.3) is 0 Å². The highest BCUT2D eigenvalue weighted by atomic mass is 32.2. The molecule has 0 spiro atoms. The van der Waals surface area contributed by atoms with E-state index in [2.05, 4.69) is 10.6 Å². The van der Waals surface area contributed by atoms with Crippen molar-refractivity contribution in [3.8, 4) is 5.75 Å². The first kappa shape index (κ1) is 21.6. The second kappa shape index (κ2) is 9.17. The van der Waals surface area contributed by atoms with Gasteiger partial charge in [0.25, 0.3) is 0 Å². The molecular formula is C21H25N3O5S. The fourth-order valence-corrected chi connectivity index (χ4v) is 4.76. The summed E-state index contributed by atoms with van der Waals surface area (Å²) in [4.78, 5) is 24.4. The maximum Gasteiger partial charge on any atom is 0.313 e. The number of sulfonamides is 1. The van der Waals surface area contributed by atoms with Gasteiger partial charge in [0.2, 0.25) is 10.0 Å². The molecule has 0 aromatic heterocycles. The summed E-state index contributed by atoms with van der Waals surface area (Å²) in [6.07, 6.45) is 1.14. The lowest BCUT2D eigenvalue weighted by atomic mass is 10.1. The molecule has 3 rings (SSSR count). The third kappa shape index (κ3) is 5.10. The fraction of sp³-hybridized carbons (Fsp3) is 0.333. The summed E-state index contributed by atoms with van der Waals surface area (Å²) in [5.41, 5.74) is 2.62. The number of carbonyl (C=O) groups is 2. The van der Waals surface area contributed by atoms with E-state index in [1.54, 1.807) is 32.2 Å². The highest BCUT2D eigenvalue weighted by Gasteiger charge is 2.28. The fourth-order valence-electron chi connectivity index (χ4n) is 3.20. The van der Waals surface area contributed by atoms with Gasteiger partial charge in [-0.2, -0.15) is 0 Å². The zero-order valence-corrected chi connectivity index (χ0v) is 17.8. The Morgan fingerprint density at radius 2 is 1.83 bits per heavy atom. The monoisotopic (exact) mass is 431 g/mol. The maximum absolute atomic E-state index is 12.3. The van der Waals surface area contributed by atoms with Crippen LogP contribution in [0, 0.1) is 6.92 Å². The number of anilines is 2. The lowest BCUT2D eigenvalue weighted by Crippen LogP contribution is -2.36. The molecule has 1 fully saturated rings. The Balaban J connectivity index is 1.58. The molecule has 2 aromatic rings. The number of methoxy groups -OCH3 is 1. The van der Waals surface area contributed by atoms with Crippen molar-refractivity contribution < 1.29 is 22.7 Å². The van der Waals surface area contributed by atoms with Crippen molar-refractivity contribution >= 4 is 33.2 Å². The van der Waals surface area contributed by atoms with E-state index in [0.717, 1.165) is 16.9 Å². The second-order valence-electron chi connectivity index (χ2n) is 7.05. The zero-order chi connectivity index (χ0) is 21.7. The van der Waals surface area contributed by atoms with E-state index in [1.807, 2.05) is 24.3 Å². The number of ether oxygens (including phenoxy) is 1. The van der Waals surface area contributed by atoms with Gasteiger partial charge in [0, 0.05) is 18.8 Å². The summed E-state index contributed by atoms with van der Waals surface area (Å²) >= 11 is 0. The van der Waals surface area contributed by atoms with Gasteiger partial charge in [-0.15, -0.1) is 0 Å². The van der Waals surface area contributed by atoms with Crippen molar-refractivity contribution in [3.05, 3.63) is 53.6 Å². The summed E-state index contributed by atoms with van der Waals surface area (Å²) in [5, 5.41) is 5.17. The van der Waals surface area contributed by atoms with Crippen molar-refractivity contribution in [1.82, 2.24) is 5.32 Å². The minimum Gasteiger partial charge on any atom is -0.497 e. The molecule has 2 N–H and O–H groups in total. The molecule has 1 saturated heterocycles. The van der Waals surface area contributed by atoms with Gasteiger partial charge in [-0.3, -0.25) is 13.9 Å². The normalized spacial score (nSPS) is 14.9. The second-order valence-corrected chi connectivity index (χ2v) is 9.06. The summed E-state index contributed by atoms with van der Waals surface area (Å²) < 4.78 is 30.7. The number of nitrogens with zero attached hydrogens (tertiary/aromatic N) is 1. The molecule has 1 heterocycles. The number of amides is 2. The van der Waals surface area contributed by atoms with Crippen LogP contribution in [0.1, 0.15) is 17.5 Å². The third-order valence-corrected chi connectivity index (χ3v) is 6.79. The molecule has 1 aliphatic rings. The molecule has 0 atom stereocenters. The lowest BCUT2D eigenvalue weighted by Gasteiger charge is -2.19. The van der Waals surface area contributed by atoms with E-state index in [9.17, 15) is 18.0 Å². The van der Waals surface area contributed by atoms with Gasteiger partial charge in [0.1, 0.15) is 5.75 Å². The highest BCUT2D eigenvalue weighted by molar-refractivity contribution is 7.93. The van der Waals surface area contributed by atoms with Crippen molar-refractivity contribution in [2.75, 3.05) is 35.6 Å². The standard InChI is InChI=1S/C21H25N3O5S/c1-15-4-7-17(24-12-3-13-30(24,27)28)14-19(15)23-21(26)20(25)22-11-10-16-5-8-18(29-2)9-6-16/h4-9,14H,3,10-13H2,1-2H3,(H,22,25)(H,23,26). The minimum absolute atomic E-state index is 0.110.